The zero-order chi connectivity index (χ0) is 21.5. The molecule has 0 unspecified atom stereocenters. The second-order valence-electron chi connectivity index (χ2n) is 7.47. The van der Waals surface area contributed by atoms with Gasteiger partial charge in [0.05, 0.1) is 13.2 Å². The van der Waals surface area contributed by atoms with Crippen LogP contribution in [0.3, 0.4) is 0 Å². The van der Waals surface area contributed by atoms with E-state index in [1.165, 1.54) is 0 Å². The largest absolute Gasteiger partial charge is 0.493 e. The first-order chi connectivity index (χ1) is 14.4. The van der Waals surface area contributed by atoms with Gasteiger partial charge in [-0.15, -0.1) is 5.10 Å². The predicted octanol–water partition coefficient (Wildman–Crippen LogP) is 5.22. The minimum Gasteiger partial charge on any atom is -0.493 e. The second kappa shape index (κ2) is 10.2. The highest BCUT2D eigenvalue weighted by Gasteiger charge is 2.13. The van der Waals surface area contributed by atoms with Crippen LogP contribution in [0.4, 0.5) is 4.79 Å². The number of aryl methyl sites for hydroxylation is 1. The Balaban J connectivity index is 1.65. The molecule has 158 valence electrons. The van der Waals surface area contributed by atoms with Crippen molar-refractivity contribution in [1.29, 1.82) is 0 Å². The Labute approximate surface area is 181 Å². The number of rotatable bonds is 8. The van der Waals surface area contributed by atoms with E-state index >= 15 is 0 Å². The lowest BCUT2D eigenvalue weighted by atomic mass is 10.2. The number of aromatic nitrogens is 2. The van der Waals surface area contributed by atoms with Crippen LogP contribution in [-0.2, 0) is 13.1 Å². The van der Waals surface area contributed by atoms with Crippen molar-refractivity contribution in [2.45, 2.75) is 33.9 Å². The molecular formula is C23H26ClN3O3. The van der Waals surface area contributed by atoms with Crippen LogP contribution in [0.25, 0.3) is 0 Å². The Hall–Kier alpha value is -2.99. The molecule has 1 aromatic heterocycles. The number of carbonyl (C=O) groups is 1. The van der Waals surface area contributed by atoms with Crippen molar-refractivity contribution in [2.75, 3.05) is 6.61 Å². The third kappa shape index (κ3) is 6.26. The Bertz CT molecular complexity index is 987. The molecule has 0 radical (unpaired) electrons. The van der Waals surface area contributed by atoms with Crippen molar-refractivity contribution in [1.82, 2.24) is 15.1 Å². The topological polar surface area (TPSA) is 65.4 Å². The lowest BCUT2D eigenvalue weighted by Crippen LogP contribution is -2.26. The maximum atomic E-state index is 12.1. The van der Waals surface area contributed by atoms with E-state index in [1.54, 1.807) is 10.7 Å². The molecule has 0 aliphatic rings. The van der Waals surface area contributed by atoms with Crippen LogP contribution in [0.2, 0.25) is 5.02 Å². The number of nitrogens with one attached hydrogen (secondary N) is 1. The van der Waals surface area contributed by atoms with Crippen LogP contribution in [0, 0.1) is 12.8 Å². The second-order valence-corrected chi connectivity index (χ2v) is 7.90. The van der Waals surface area contributed by atoms with Crippen LogP contribution >= 0.6 is 11.6 Å². The van der Waals surface area contributed by atoms with Gasteiger partial charge in [-0.25, -0.2) is 4.79 Å². The van der Waals surface area contributed by atoms with E-state index in [9.17, 15) is 4.79 Å². The number of carbonyl (C=O) groups excluding carboxylic acids is 1. The smallest absolute Gasteiger partial charge is 0.414 e. The number of amides is 1. The molecule has 0 saturated heterocycles. The lowest BCUT2D eigenvalue weighted by molar-refractivity contribution is 0.197. The minimum absolute atomic E-state index is 0.240. The van der Waals surface area contributed by atoms with Crippen LogP contribution in [0.5, 0.6) is 11.6 Å². The van der Waals surface area contributed by atoms with E-state index < -0.39 is 6.09 Å². The number of nitrogens with zero attached hydrogens (tertiary/aromatic N) is 2. The first-order valence-corrected chi connectivity index (χ1v) is 10.2. The Morgan fingerprint density at radius 3 is 2.67 bits per heavy atom. The molecule has 1 N–H and O–H groups in total. The van der Waals surface area contributed by atoms with Crippen molar-refractivity contribution in [3.05, 3.63) is 76.4 Å². The van der Waals surface area contributed by atoms with Gasteiger partial charge in [-0.3, -0.25) is 4.68 Å². The summed E-state index contributed by atoms with van der Waals surface area (Å²) in [5.74, 6) is 1.42. The zero-order valence-electron chi connectivity index (χ0n) is 17.4. The summed E-state index contributed by atoms with van der Waals surface area (Å²) in [6.45, 7) is 7.55. The Morgan fingerprint density at radius 1 is 1.17 bits per heavy atom. The highest BCUT2D eigenvalue weighted by atomic mass is 35.5. The van der Waals surface area contributed by atoms with Crippen molar-refractivity contribution in [2.24, 2.45) is 5.92 Å². The number of halogens is 1. The van der Waals surface area contributed by atoms with Gasteiger partial charge in [0.1, 0.15) is 5.75 Å². The quantitative estimate of drug-likeness (QED) is 0.535. The summed E-state index contributed by atoms with van der Waals surface area (Å²) in [5.41, 5.74) is 2.76. The summed E-state index contributed by atoms with van der Waals surface area (Å²) in [6, 6.07) is 16.9. The molecule has 3 aromatic rings. The molecule has 2 aromatic carbocycles. The lowest BCUT2D eigenvalue weighted by Gasteiger charge is -2.14. The minimum atomic E-state index is -0.549. The molecule has 0 fully saturated rings. The average Bonchev–Trinajstić information content (AvgIpc) is 3.05. The molecule has 7 heteroatoms. The third-order valence-electron chi connectivity index (χ3n) is 4.35. The third-order valence-corrected chi connectivity index (χ3v) is 4.59. The first kappa shape index (κ1) is 21.7. The van der Waals surface area contributed by atoms with Gasteiger partial charge in [-0.05, 0) is 36.6 Å². The molecule has 0 aliphatic heterocycles. The number of hydrogen-bond acceptors (Lipinski definition) is 4. The molecule has 30 heavy (non-hydrogen) atoms. The van der Waals surface area contributed by atoms with Gasteiger partial charge in [-0.1, -0.05) is 55.8 Å². The Kier molecular flexibility index (Phi) is 7.36. The fraction of sp³-hybridized carbons (Fsp3) is 0.304. The van der Waals surface area contributed by atoms with Crippen molar-refractivity contribution < 1.29 is 14.3 Å². The van der Waals surface area contributed by atoms with Crippen molar-refractivity contribution >= 4 is 17.7 Å². The van der Waals surface area contributed by atoms with Gasteiger partial charge in [0, 0.05) is 28.9 Å². The van der Waals surface area contributed by atoms with Gasteiger partial charge < -0.3 is 14.8 Å². The average molecular weight is 428 g/mol. The van der Waals surface area contributed by atoms with E-state index in [2.05, 4.69) is 24.3 Å². The molecule has 6 nitrogen and oxygen atoms in total. The maximum absolute atomic E-state index is 12.1. The number of benzene rings is 2. The van der Waals surface area contributed by atoms with E-state index in [0.717, 1.165) is 22.6 Å². The van der Waals surface area contributed by atoms with Gasteiger partial charge in [0.25, 0.3) is 0 Å². The molecule has 1 heterocycles. The summed E-state index contributed by atoms with van der Waals surface area (Å²) < 4.78 is 13.0. The van der Waals surface area contributed by atoms with Crippen molar-refractivity contribution in [3.63, 3.8) is 0 Å². The maximum Gasteiger partial charge on any atom is 0.414 e. The van der Waals surface area contributed by atoms with Crippen LogP contribution in [0.1, 0.15) is 30.7 Å². The monoisotopic (exact) mass is 427 g/mol. The molecule has 1 amide bonds. The summed E-state index contributed by atoms with van der Waals surface area (Å²) in [6.07, 6.45) is -0.549. The SMILES string of the molecule is Cc1cc(OC(=O)NCc2ccccc2)nn1Cc1cc(Cl)ccc1OCC(C)C. The molecule has 0 bridgehead atoms. The molecular weight excluding hydrogens is 402 g/mol. The number of ether oxygens (including phenoxy) is 2. The van der Waals surface area contributed by atoms with E-state index in [4.69, 9.17) is 21.1 Å². The zero-order valence-corrected chi connectivity index (χ0v) is 18.1. The van der Waals surface area contributed by atoms with Crippen LogP contribution in [-0.4, -0.2) is 22.5 Å². The summed E-state index contributed by atoms with van der Waals surface area (Å²) in [5, 5.41) is 7.75. The van der Waals surface area contributed by atoms with E-state index in [0.29, 0.717) is 30.6 Å². The van der Waals surface area contributed by atoms with E-state index in [-0.39, 0.29) is 5.88 Å². The predicted molar refractivity (Wildman–Crippen MR) is 117 cm³/mol. The Morgan fingerprint density at radius 2 is 1.93 bits per heavy atom. The first-order valence-electron chi connectivity index (χ1n) is 9.86. The molecule has 0 aliphatic carbocycles. The van der Waals surface area contributed by atoms with Gasteiger partial charge >= 0.3 is 6.09 Å². The molecule has 0 saturated carbocycles. The normalized spacial score (nSPS) is 10.8. The van der Waals surface area contributed by atoms with Crippen molar-refractivity contribution in [3.8, 4) is 11.6 Å². The van der Waals surface area contributed by atoms with E-state index in [1.807, 2.05) is 55.5 Å². The van der Waals surface area contributed by atoms with Crippen LogP contribution < -0.4 is 14.8 Å². The summed E-state index contributed by atoms with van der Waals surface area (Å²) in [4.78, 5) is 12.1. The summed E-state index contributed by atoms with van der Waals surface area (Å²) >= 11 is 6.18. The van der Waals surface area contributed by atoms with Gasteiger partial charge in [-0.2, -0.15) is 0 Å². The fourth-order valence-corrected chi connectivity index (χ4v) is 3.02. The van der Waals surface area contributed by atoms with Gasteiger partial charge in [0.2, 0.25) is 5.88 Å². The van der Waals surface area contributed by atoms with Crippen LogP contribution in [0.15, 0.2) is 54.6 Å². The number of hydrogen-bond donors (Lipinski definition) is 1. The fourth-order valence-electron chi connectivity index (χ4n) is 2.82. The summed E-state index contributed by atoms with van der Waals surface area (Å²) in [7, 11) is 0. The molecule has 3 rings (SSSR count). The molecule has 0 atom stereocenters. The van der Waals surface area contributed by atoms with Gasteiger partial charge in [0.15, 0.2) is 0 Å². The molecule has 0 spiro atoms. The standard InChI is InChI=1S/C23H26ClN3O3/c1-16(2)15-29-21-10-9-20(24)12-19(21)14-27-17(3)11-22(26-27)30-23(28)25-13-18-7-5-4-6-8-18/h4-12,16H,13-15H2,1-3H3,(H,25,28). The highest BCUT2D eigenvalue weighted by molar-refractivity contribution is 6.30. The highest BCUT2D eigenvalue weighted by Crippen LogP contribution is 2.25.